The minimum Gasteiger partial charge on any atom is -0.477 e. The summed E-state index contributed by atoms with van der Waals surface area (Å²) < 4.78 is 11.9. The summed E-state index contributed by atoms with van der Waals surface area (Å²) in [6.45, 7) is 3.46. The van der Waals surface area contributed by atoms with Crippen LogP contribution in [0.3, 0.4) is 0 Å². The average Bonchev–Trinajstić information content (AvgIpc) is 2.81. The molecule has 1 aromatic heterocycles. The monoisotopic (exact) mass is 248 g/mol. The van der Waals surface area contributed by atoms with E-state index in [1.807, 2.05) is 18.2 Å². The minimum absolute atomic E-state index is 0.00697. The second-order valence-corrected chi connectivity index (χ2v) is 5.16. The van der Waals surface area contributed by atoms with Gasteiger partial charge in [0.25, 0.3) is 0 Å². The van der Waals surface area contributed by atoms with E-state index in [1.165, 1.54) is 12.8 Å². The lowest BCUT2D eigenvalue weighted by Crippen LogP contribution is -2.53. The van der Waals surface area contributed by atoms with Gasteiger partial charge in [-0.2, -0.15) is 0 Å². The van der Waals surface area contributed by atoms with E-state index in [0.29, 0.717) is 18.4 Å². The smallest absolute Gasteiger partial charge is 0.213 e. The van der Waals surface area contributed by atoms with Crippen molar-refractivity contribution in [3.8, 4) is 5.88 Å². The highest BCUT2D eigenvalue weighted by Gasteiger charge is 2.45. The van der Waals surface area contributed by atoms with Gasteiger partial charge in [0, 0.05) is 31.3 Å². The fourth-order valence-electron chi connectivity index (χ4n) is 3.07. The lowest BCUT2D eigenvalue weighted by Gasteiger charge is -2.39. The maximum atomic E-state index is 6.06. The number of nitrogens with one attached hydrogen (secondary N) is 1. The Bertz CT molecular complexity index is 377. The average molecular weight is 248 g/mol. The Balaban J connectivity index is 1.61. The summed E-state index contributed by atoms with van der Waals surface area (Å²) in [5, 5.41) is 3.45. The summed E-state index contributed by atoms with van der Waals surface area (Å²) >= 11 is 0. The van der Waals surface area contributed by atoms with Gasteiger partial charge >= 0.3 is 0 Å². The van der Waals surface area contributed by atoms with Gasteiger partial charge < -0.3 is 14.8 Å². The van der Waals surface area contributed by atoms with Crippen LogP contribution in [0, 0.1) is 5.92 Å². The largest absolute Gasteiger partial charge is 0.477 e. The quantitative estimate of drug-likeness (QED) is 0.882. The van der Waals surface area contributed by atoms with Crippen molar-refractivity contribution in [2.45, 2.75) is 24.9 Å². The van der Waals surface area contributed by atoms with Gasteiger partial charge in [0.2, 0.25) is 5.88 Å². The van der Waals surface area contributed by atoms with E-state index < -0.39 is 0 Å². The Hall–Kier alpha value is -1.13. The first kappa shape index (κ1) is 11.9. The number of aromatic nitrogens is 1. The molecule has 2 aliphatic rings. The topological polar surface area (TPSA) is 43.4 Å². The molecule has 1 aromatic rings. The number of pyridine rings is 1. The molecular weight excluding hydrogens is 228 g/mol. The predicted octanol–water partition coefficient (Wildman–Crippen LogP) is 1.62. The molecule has 1 aliphatic heterocycles. The molecule has 1 saturated carbocycles. The zero-order valence-corrected chi connectivity index (χ0v) is 10.6. The first-order chi connectivity index (χ1) is 8.89. The Labute approximate surface area is 108 Å². The van der Waals surface area contributed by atoms with Crippen LogP contribution >= 0.6 is 0 Å². The van der Waals surface area contributed by atoms with Crippen LogP contribution in [0.15, 0.2) is 24.4 Å². The van der Waals surface area contributed by atoms with Gasteiger partial charge in [-0.05, 0) is 25.3 Å². The zero-order chi connectivity index (χ0) is 12.3. The summed E-state index contributed by atoms with van der Waals surface area (Å²) in [6.07, 6.45) is 5.33. The van der Waals surface area contributed by atoms with Crippen molar-refractivity contribution in [3.63, 3.8) is 0 Å². The number of morpholine rings is 1. The molecule has 3 rings (SSSR count). The van der Waals surface area contributed by atoms with Crippen molar-refractivity contribution in [1.82, 2.24) is 10.3 Å². The third-order valence-corrected chi connectivity index (χ3v) is 4.06. The molecule has 98 valence electrons. The van der Waals surface area contributed by atoms with Crippen LogP contribution in [-0.4, -0.2) is 36.9 Å². The summed E-state index contributed by atoms with van der Waals surface area (Å²) in [4.78, 5) is 4.19. The fraction of sp³-hybridized carbons (Fsp3) is 0.643. The number of hydrogen-bond donors (Lipinski definition) is 1. The molecular formula is C14H20N2O2. The second-order valence-electron chi connectivity index (χ2n) is 5.16. The molecule has 18 heavy (non-hydrogen) atoms. The third kappa shape index (κ3) is 2.35. The van der Waals surface area contributed by atoms with Crippen molar-refractivity contribution < 1.29 is 9.47 Å². The molecule has 2 fully saturated rings. The Morgan fingerprint density at radius 3 is 3.28 bits per heavy atom. The maximum Gasteiger partial charge on any atom is 0.213 e. The predicted molar refractivity (Wildman–Crippen MR) is 68.6 cm³/mol. The van der Waals surface area contributed by atoms with E-state index in [-0.39, 0.29) is 5.60 Å². The van der Waals surface area contributed by atoms with E-state index in [1.54, 1.807) is 6.20 Å². The lowest BCUT2D eigenvalue weighted by molar-refractivity contribution is -0.0983. The standard InChI is InChI=1S/C14H20N2O2/c1-2-7-16-13(5-1)17-10-12-4-3-6-14(12)11-15-8-9-18-14/h1-2,5,7,12,15H,3-4,6,8-11H2/t12-,14+/m0/s1. The van der Waals surface area contributed by atoms with Crippen molar-refractivity contribution >= 4 is 0 Å². The maximum absolute atomic E-state index is 6.06. The van der Waals surface area contributed by atoms with Gasteiger partial charge in [0.15, 0.2) is 0 Å². The van der Waals surface area contributed by atoms with Crippen molar-refractivity contribution in [2.24, 2.45) is 5.92 Å². The van der Waals surface area contributed by atoms with Crippen LogP contribution in [-0.2, 0) is 4.74 Å². The first-order valence-electron chi connectivity index (χ1n) is 6.78. The number of nitrogens with zero attached hydrogens (tertiary/aromatic N) is 1. The van der Waals surface area contributed by atoms with Gasteiger partial charge in [-0.25, -0.2) is 4.98 Å². The van der Waals surface area contributed by atoms with E-state index in [0.717, 1.165) is 26.1 Å². The molecule has 0 unspecified atom stereocenters. The SMILES string of the molecule is c1ccc(OC[C@@H]2CCC[C@@]23CNCCO3)nc1. The molecule has 4 nitrogen and oxygen atoms in total. The van der Waals surface area contributed by atoms with Crippen molar-refractivity contribution in [1.29, 1.82) is 0 Å². The Kier molecular flexibility index (Phi) is 3.48. The van der Waals surface area contributed by atoms with Gasteiger partial charge in [-0.1, -0.05) is 6.07 Å². The number of rotatable bonds is 3. The highest BCUT2D eigenvalue weighted by molar-refractivity contribution is 5.09. The molecule has 0 amide bonds. The van der Waals surface area contributed by atoms with Gasteiger partial charge in [0.1, 0.15) is 0 Å². The summed E-state index contributed by atoms with van der Waals surface area (Å²) in [6, 6.07) is 5.76. The van der Waals surface area contributed by atoms with Crippen LogP contribution < -0.4 is 10.1 Å². The first-order valence-corrected chi connectivity index (χ1v) is 6.78. The van der Waals surface area contributed by atoms with Gasteiger partial charge in [-0.15, -0.1) is 0 Å². The summed E-state index contributed by atoms with van der Waals surface area (Å²) in [5.41, 5.74) is 0.00697. The summed E-state index contributed by atoms with van der Waals surface area (Å²) in [7, 11) is 0. The summed E-state index contributed by atoms with van der Waals surface area (Å²) in [5.74, 6) is 1.19. The highest BCUT2D eigenvalue weighted by Crippen LogP contribution is 2.39. The highest BCUT2D eigenvalue weighted by atomic mass is 16.5. The normalized spacial score (nSPS) is 31.7. The van der Waals surface area contributed by atoms with Crippen molar-refractivity contribution in [3.05, 3.63) is 24.4 Å². The lowest BCUT2D eigenvalue weighted by atomic mass is 9.90. The molecule has 0 bridgehead atoms. The van der Waals surface area contributed by atoms with E-state index in [9.17, 15) is 0 Å². The van der Waals surface area contributed by atoms with Crippen molar-refractivity contribution in [2.75, 3.05) is 26.3 Å². The molecule has 1 N–H and O–H groups in total. The van der Waals surface area contributed by atoms with Crippen LogP contribution in [0.25, 0.3) is 0 Å². The Morgan fingerprint density at radius 2 is 2.50 bits per heavy atom. The molecule has 1 spiro atoms. The van der Waals surface area contributed by atoms with E-state index >= 15 is 0 Å². The molecule has 1 aliphatic carbocycles. The molecule has 0 radical (unpaired) electrons. The van der Waals surface area contributed by atoms with Crippen LogP contribution in [0.1, 0.15) is 19.3 Å². The number of hydrogen-bond acceptors (Lipinski definition) is 4. The van der Waals surface area contributed by atoms with Gasteiger partial charge in [-0.3, -0.25) is 0 Å². The molecule has 4 heteroatoms. The third-order valence-electron chi connectivity index (χ3n) is 4.06. The van der Waals surface area contributed by atoms with Crippen LogP contribution in [0.5, 0.6) is 5.88 Å². The van der Waals surface area contributed by atoms with E-state index in [2.05, 4.69) is 10.3 Å². The van der Waals surface area contributed by atoms with Crippen LogP contribution in [0.4, 0.5) is 0 Å². The Morgan fingerprint density at radius 1 is 1.50 bits per heavy atom. The fourth-order valence-corrected chi connectivity index (χ4v) is 3.07. The van der Waals surface area contributed by atoms with Crippen LogP contribution in [0.2, 0.25) is 0 Å². The molecule has 1 saturated heterocycles. The molecule has 2 atom stereocenters. The minimum atomic E-state index is 0.00697. The second kappa shape index (κ2) is 5.24. The molecule has 0 aromatic carbocycles. The van der Waals surface area contributed by atoms with Gasteiger partial charge in [0.05, 0.1) is 18.8 Å². The zero-order valence-electron chi connectivity index (χ0n) is 10.6. The van der Waals surface area contributed by atoms with E-state index in [4.69, 9.17) is 9.47 Å². The molecule has 2 heterocycles. The number of ether oxygens (including phenoxy) is 2.